The number of nitrogens with zero attached hydrogens (tertiary/aromatic N) is 1. The summed E-state index contributed by atoms with van der Waals surface area (Å²) in [6.07, 6.45) is 74.1. The third kappa shape index (κ3) is 60.4. The number of amides is 1. The first-order chi connectivity index (χ1) is 38.4. The zero-order chi connectivity index (χ0) is 57.9. The van der Waals surface area contributed by atoms with Gasteiger partial charge in [0.15, 0.2) is 0 Å². The number of rotatable bonds is 62. The molecule has 0 radical (unpaired) electrons. The molecule has 0 aliphatic rings. The van der Waals surface area contributed by atoms with Crippen LogP contribution in [0.2, 0.25) is 0 Å². The minimum Gasteiger partial charge on any atom is -0.456 e. The number of phosphoric ester groups is 1. The Labute approximate surface area is 490 Å². The van der Waals surface area contributed by atoms with Crippen molar-refractivity contribution in [2.24, 2.45) is 0 Å². The van der Waals surface area contributed by atoms with Crippen molar-refractivity contribution in [3.05, 3.63) is 48.6 Å². The number of ether oxygens (including phenoxy) is 1. The maximum atomic E-state index is 13.6. The van der Waals surface area contributed by atoms with Crippen LogP contribution in [0.15, 0.2) is 48.6 Å². The Morgan fingerprint density at radius 3 is 1.19 bits per heavy atom. The van der Waals surface area contributed by atoms with E-state index in [9.17, 15) is 19.0 Å². The highest BCUT2D eigenvalue weighted by Crippen LogP contribution is 2.43. The van der Waals surface area contributed by atoms with Crippen molar-refractivity contribution in [2.45, 2.75) is 341 Å². The van der Waals surface area contributed by atoms with E-state index in [1.807, 2.05) is 33.3 Å². The average Bonchev–Trinajstić information content (AvgIpc) is 3.41. The van der Waals surface area contributed by atoms with Crippen LogP contribution in [-0.4, -0.2) is 74.3 Å². The third-order valence-electron chi connectivity index (χ3n) is 15.2. The van der Waals surface area contributed by atoms with Crippen molar-refractivity contribution in [2.75, 3.05) is 40.9 Å². The first kappa shape index (κ1) is 77.0. The van der Waals surface area contributed by atoms with Crippen molar-refractivity contribution >= 4 is 19.7 Å². The van der Waals surface area contributed by atoms with Crippen LogP contribution in [-0.2, 0) is 27.9 Å². The summed E-state index contributed by atoms with van der Waals surface area (Å²) in [5.74, 6) is -0.511. The van der Waals surface area contributed by atoms with Crippen LogP contribution in [0.5, 0.6) is 0 Å². The second kappa shape index (κ2) is 59.1. The minimum absolute atomic E-state index is 0.0396. The van der Waals surface area contributed by atoms with Gasteiger partial charge in [0, 0.05) is 12.8 Å². The van der Waals surface area contributed by atoms with Crippen molar-refractivity contribution in [1.82, 2.24) is 5.32 Å². The highest BCUT2D eigenvalue weighted by atomic mass is 31.2. The van der Waals surface area contributed by atoms with E-state index >= 15 is 0 Å². The van der Waals surface area contributed by atoms with Gasteiger partial charge in [-0.3, -0.25) is 18.6 Å². The van der Waals surface area contributed by atoms with Crippen LogP contribution in [0.4, 0.5) is 0 Å². The second-order valence-electron chi connectivity index (χ2n) is 24.3. The number of hydrogen-bond acceptors (Lipinski definition) is 6. The van der Waals surface area contributed by atoms with Crippen LogP contribution in [0, 0.1) is 0 Å². The van der Waals surface area contributed by atoms with E-state index in [-0.39, 0.29) is 31.5 Å². The molecule has 3 unspecified atom stereocenters. The molecule has 0 saturated heterocycles. The average molecular weight is 1130 g/mol. The van der Waals surface area contributed by atoms with Gasteiger partial charge < -0.3 is 19.4 Å². The summed E-state index contributed by atoms with van der Waals surface area (Å²) >= 11 is 0. The molecule has 0 aliphatic heterocycles. The molecule has 0 aromatic carbocycles. The number of quaternary nitrogens is 1. The normalized spacial score (nSPS) is 13.9. The molecule has 0 bridgehead atoms. The largest absolute Gasteiger partial charge is 0.472 e. The Balaban J connectivity index is 5.01. The van der Waals surface area contributed by atoms with Crippen LogP contribution in [0.25, 0.3) is 0 Å². The highest BCUT2D eigenvalue weighted by Gasteiger charge is 2.30. The molecule has 0 aromatic heterocycles. The maximum absolute atomic E-state index is 13.6. The fraction of sp³-hybridized carbons (Fsp3) is 0.855. The summed E-state index contributed by atoms with van der Waals surface area (Å²) in [7, 11) is 1.50. The Morgan fingerprint density at radius 1 is 0.443 bits per heavy atom. The lowest BCUT2D eigenvalue weighted by atomic mass is 10.0. The molecule has 0 spiro atoms. The number of hydrogen-bond donors (Lipinski definition) is 2. The molecule has 2 N–H and O–H groups in total. The lowest BCUT2D eigenvalue weighted by Gasteiger charge is -2.27. The van der Waals surface area contributed by atoms with E-state index in [4.69, 9.17) is 13.8 Å². The van der Waals surface area contributed by atoms with Crippen LogP contribution in [0.1, 0.15) is 329 Å². The first-order valence-corrected chi connectivity index (χ1v) is 35.5. The van der Waals surface area contributed by atoms with Crippen LogP contribution >= 0.6 is 7.82 Å². The van der Waals surface area contributed by atoms with Gasteiger partial charge in [-0.25, -0.2) is 4.57 Å². The number of carbonyl (C=O) groups excluding carboxylic acids is 2. The summed E-state index contributed by atoms with van der Waals surface area (Å²) in [6, 6.07) is -0.852. The molecule has 0 fully saturated rings. The molecule has 0 heterocycles. The lowest BCUT2D eigenvalue weighted by Crippen LogP contribution is -2.47. The van der Waals surface area contributed by atoms with Crippen LogP contribution in [0.3, 0.4) is 0 Å². The molecule has 0 aliphatic carbocycles. The molecule has 0 saturated carbocycles. The molecular weight excluding hydrogens is 1000 g/mol. The number of nitrogens with one attached hydrogen (secondary N) is 1. The van der Waals surface area contributed by atoms with Gasteiger partial charge in [-0.05, 0) is 89.5 Å². The lowest BCUT2D eigenvalue weighted by molar-refractivity contribution is -0.870. The first-order valence-electron chi connectivity index (χ1n) is 34.0. The standard InChI is InChI=1S/C69H131N2O7P/c1-7-10-13-16-19-22-25-28-29-30-31-32-33-34-35-36-37-38-39-40-41-44-46-49-52-55-58-61-68(72)70-66(65-77-79(74,75)76-64-63-71(4,5)6)67(60-57-54-51-48-45-42-26-23-20-17-14-11-8-2)78-69(73)62-59-56-53-50-47-43-27-24-21-18-15-12-9-3/h19,22,28-29,43,47,57,60,66-67H,7-18,20-21,23-27,30-42,44-46,48-56,58-59,61-65H2,1-6H3,(H-,70,72,74,75)/p+1/b22-19-,29-28-,47-43-,60-57-. The number of unbranched alkanes of at least 4 members (excludes halogenated alkanes) is 40. The molecule has 1 amide bonds. The molecule has 79 heavy (non-hydrogen) atoms. The van der Waals surface area contributed by atoms with E-state index < -0.39 is 20.0 Å². The Kier molecular flexibility index (Phi) is 57.6. The smallest absolute Gasteiger partial charge is 0.456 e. The van der Waals surface area contributed by atoms with Gasteiger partial charge in [-0.2, -0.15) is 0 Å². The SMILES string of the molecule is CCCCC/C=C\C/C=C\CCCCCCCCCCCCCCCCCCCC(=O)NC(COP(=O)(O)OCC[N+](C)(C)C)C(/C=C\CCCCCCCCCCCCC)OC(=O)CCCCC/C=C\CCCCCCCC. The fourth-order valence-electron chi connectivity index (χ4n) is 9.97. The van der Waals surface area contributed by atoms with Crippen LogP contribution < -0.4 is 5.32 Å². The molecule has 3 atom stereocenters. The van der Waals surface area contributed by atoms with Gasteiger partial charge >= 0.3 is 13.8 Å². The van der Waals surface area contributed by atoms with Gasteiger partial charge in [-0.1, -0.05) is 275 Å². The molecular formula is C69H132N2O7P+. The summed E-state index contributed by atoms with van der Waals surface area (Å²) in [5, 5.41) is 3.07. The number of phosphoric acid groups is 1. The monoisotopic (exact) mass is 1130 g/mol. The van der Waals surface area contributed by atoms with Crippen molar-refractivity contribution in [1.29, 1.82) is 0 Å². The Hall–Kier alpha value is -2.03. The zero-order valence-corrected chi connectivity index (χ0v) is 54.0. The van der Waals surface area contributed by atoms with Gasteiger partial charge in [0.05, 0.1) is 33.8 Å². The van der Waals surface area contributed by atoms with Gasteiger partial charge in [0.2, 0.25) is 5.91 Å². The molecule has 10 heteroatoms. The van der Waals surface area contributed by atoms with E-state index in [1.54, 1.807) is 0 Å². The molecule has 464 valence electrons. The molecule has 0 aromatic rings. The summed E-state index contributed by atoms with van der Waals surface area (Å²) in [5.41, 5.74) is 0. The predicted octanol–water partition coefficient (Wildman–Crippen LogP) is 21.2. The van der Waals surface area contributed by atoms with Gasteiger partial charge in [0.25, 0.3) is 0 Å². The van der Waals surface area contributed by atoms with Gasteiger partial charge in [0.1, 0.15) is 19.3 Å². The third-order valence-corrected chi connectivity index (χ3v) is 16.2. The number of likely N-dealkylation sites (N-methyl/N-ethyl adjacent to an activating group) is 1. The summed E-state index contributed by atoms with van der Waals surface area (Å²) in [4.78, 5) is 37.8. The highest BCUT2D eigenvalue weighted by molar-refractivity contribution is 7.47. The minimum atomic E-state index is -4.45. The number of esters is 1. The fourth-order valence-corrected chi connectivity index (χ4v) is 10.7. The van der Waals surface area contributed by atoms with E-state index in [0.29, 0.717) is 17.4 Å². The summed E-state index contributed by atoms with van der Waals surface area (Å²) < 4.78 is 30.7. The number of allylic oxidation sites excluding steroid dienone is 7. The second-order valence-corrected chi connectivity index (χ2v) is 25.8. The zero-order valence-electron chi connectivity index (χ0n) is 53.1. The van der Waals surface area contributed by atoms with E-state index in [2.05, 4.69) is 62.5 Å². The van der Waals surface area contributed by atoms with E-state index in [1.165, 1.54) is 218 Å². The maximum Gasteiger partial charge on any atom is 0.472 e. The van der Waals surface area contributed by atoms with Crippen molar-refractivity contribution in [3.8, 4) is 0 Å². The predicted molar refractivity (Wildman–Crippen MR) is 342 cm³/mol. The molecule has 0 rings (SSSR count). The van der Waals surface area contributed by atoms with E-state index in [0.717, 1.165) is 77.0 Å². The topological polar surface area (TPSA) is 111 Å². The molecule has 9 nitrogen and oxygen atoms in total. The van der Waals surface area contributed by atoms with Crippen molar-refractivity contribution < 1.29 is 37.3 Å². The Bertz CT molecular complexity index is 1490. The summed E-state index contributed by atoms with van der Waals surface area (Å²) in [6.45, 7) is 7.01. The quantitative estimate of drug-likeness (QED) is 0.0205. The van der Waals surface area contributed by atoms with Crippen molar-refractivity contribution in [3.63, 3.8) is 0 Å². The Morgan fingerprint density at radius 2 is 0.772 bits per heavy atom. The number of carbonyl (C=O) groups is 2. The van der Waals surface area contributed by atoms with Gasteiger partial charge in [-0.15, -0.1) is 0 Å².